The van der Waals surface area contributed by atoms with Gasteiger partial charge in [0.15, 0.2) is 17.5 Å². The number of nitrogens with zero attached hydrogens (tertiary/aromatic N) is 2. The maximum Gasteiger partial charge on any atom is 0.231 e. The van der Waals surface area contributed by atoms with E-state index in [2.05, 4.69) is 47.5 Å². The summed E-state index contributed by atoms with van der Waals surface area (Å²) in [5, 5.41) is 6.71. The summed E-state index contributed by atoms with van der Waals surface area (Å²) < 4.78 is 10.7. The van der Waals surface area contributed by atoms with Crippen molar-refractivity contribution in [2.45, 2.75) is 32.7 Å². The zero-order valence-corrected chi connectivity index (χ0v) is 15.3. The van der Waals surface area contributed by atoms with Crippen molar-refractivity contribution in [1.82, 2.24) is 15.5 Å². The number of aliphatic imine (C=N–C) groups is 1. The van der Waals surface area contributed by atoms with Gasteiger partial charge in [-0.3, -0.25) is 4.99 Å². The molecule has 0 saturated heterocycles. The SMILES string of the molecule is CCC(C)N(C)CCNC(=NC)NCCc1ccc2c(c1)OCO2. The van der Waals surface area contributed by atoms with Crippen LogP contribution in [0.5, 0.6) is 11.5 Å². The van der Waals surface area contributed by atoms with Crippen LogP contribution in [0.4, 0.5) is 0 Å². The van der Waals surface area contributed by atoms with Crippen LogP contribution in [0.3, 0.4) is 0 Å². The number of hydrogen-bond donors (Lipinski definition) is 2. The van der Waals surface area contributed by atoms with Crippen LogP contribution in [0.1, 0.15) is 25.8 Å². The second-order valence-electron chi connectivity index (χ2n) is 6.10. The Morgan fingerprint density at radius 3 is 2.75 bits per heavy atom. The van der Waals surface area contributed by atoms with Gasteiger partial charge in [0.05, 0.1) is 0 Å². The van der Waals surface area contributed by atoms with Gasteiger partial charge in [-0.05, 0) is 44.5 Å². The minimum atomic E-state index is 0.318. The highest BCUT2D eigenvalue weighted by Gasteiger charge is 2.13. The van der Waals surface area contributed by atoms with Crippen LogP contribution in [0.2, 0.25) is 0 Å². The molecular formula is C18H30N4O2. The number of fused-ring (bicyclic) bond motifs is 1. The Balaban J connectivity index is 1.68. The van der Waals surface area contributed by atoms with Crippen molar-refractivity contribution in [3.63, 3.8) is 0 Å². The third kappa shape index (κ3) is 5.30. The third-order valence-corrected chi connectivity index (χ3v) is 4.47. The Morgan fingerprint density at radius 2 is 2.00 bits per heavy atom. The first-order chi connectivity index (χ1) is 11.6. The molecule has 0 amide bonds. The van der Waals surface area contributed by atoms with E-state index < -0.39 is 0 Å². The summed E-state index contributed by atoms with van der Waals surface area (Å²) in [7, 11) is 3.96. The lowest BCUT2D eigenvalue weighted by Crippen LogP contribution is -2.42. The molecule has 1 unspecified atom stereocenters. The number of guanidine groups is 1. The summed E-state index contributed by atoms with van der Waals surface area (Å²) in [6.07, 6.45) is 2.07. The van der Waals surface area contributed by atoms with Crippen LogP contribution in [0.15, 0.2) is 23.2 Å². The summed E-state index contributed by atoms with van der Waals surface area (Å²) >= 11 is 0. The fourth-order valence-electron chi connectivity index (χ4n) is 2.53. The van der Waals surface area contributed by atoms with Crippen molar-refractivity contribution in [1.29, 1.82) is 0 Å². The molecule has 0 bridgehead atoms. The van der Waals surface area contributed by atoms with E-state index in [1.807, 2.05) is 12.1 Å². The van der Waals surface area contributed by atoms with E-state index in [0.29, 0.717) is 12.8 Å². The quantitative estimate of drug-likeness (QED) is 0.561. The van der Waals surface area contributed by atoms with E-state index in [-0.39, 0.29) is 0 Å². The van der Waals surface area contributed by atoms with E-state index in [1.165, 1.54) is 12.0 Å². The fraction of sp³-hybridized carbons (Fsp3) is 0.611. The van der Waals surface area contributed by atoms with Crippen LogP contribution >= 0.6 is 0 Å². The number of likely N-dealkylation sites (N-methyl/N-ethyl adjacent to an activating group) is 1. The molecule has 2 N–H and O–H groups in total. The number of nitrogens with one attached hydrogen (secondary N) is 2. The van der Waals surface area contributed by atoms with Crippen molar-refractivity contribution >= 4 is 5.96 Å². The third-order valence-electron chi connectivity index (χ3n) is 4.47. The van der Waals surface area contributed by atoms with Crippen molar-refractivity contribution in [3.8, 4) is 11.5 Å². The second kappa shape index (κ2) is 9.37. The zero-order valence-electron chi connectivity index (χ0n) is 15.3. The predicted octanol–water partition coefficient (Wildman–Crippen LogP) is 1.85. The maximum absolute atomic E-state index is 5.41. The molecule has 0 aromatic heterocycles. The number of benzene rings is 1. The topological polar surface area (TPSA) is 58.1 Å². The van der Waals surface area contributed by atoms with Gasteiger partial charge in [-0.15, -0.1) is 0 Å². The molecule has 6 heteroatoms. The van der Waals surface area contributed by atoms with Gasteiger partial charge in [0, 0.05) is 32.7 Å². The highest BCUT2D eigenvalue weighted by atomic mass is 16.7. The highest BCUT2D eigenvalue weighted by molar-refractivity contribution is 5.79. The lowest BCUT2D eigenvalue weighted by Gasteiger charge is -2.24. The molecule has 0 fully saturated rings. The maximum atomic E-state index is 5.41. The van der Waals surface area contributed by atoms with Crippen LogP contribution in [0, 0.1) is 0 Å². The number of hydrogen-bond acceptors (Lipinski definition) is 4. The van der Waals surface area contributed by atoms with Gasteiger partial charge >= 0.3 is 0 Å². The van der Waals surface area contributed by atoms with Crippen LogP contribution in [0.25, 0.3) is 0 Å². The van der Waals surface area contributed by atoms with Crippen LogP contribution in [-0.4, -0.2) is 57.4 Å². The normalized spacial score (nSPS) is 14.8. The minimum Gasteiger partial charge on any atom is -0.454 e. The number of ether oxygens (including phenoxy) is 2. The van der Waals surface area contributed by atoms with Gasteiger partial charge in [-0.1, -0.05) is 13.0 Å². The molecule has 1 aliphatic heterocycles. The summed E-state index contributed by atoms with van der Waals surface area (Å²) in [5.74, 6) is 2.51. The molecule has 134 valence electrons. The summed E-state index contributed by atoms with van der Waals surface area (Å²) in [4.78, 5) is 6.62. The Hall–Kier alpha value is -1.95. The molecule has 1 aromatic rings. The van der Waals surface area contributed by atoms with Gasteiger partial charge in [0.2, 0.25) is 6.79 Å². The van der Waals surface area contributed by atoms with Gasteiger partial charge < -0.3 is 25.0 Å². The Bertz CT molecular complexity index is 548. The number of rotatable bonds is 8. The molecule has 0 radical (unpaired) electrons. The molecule has 0 saturated carbocycles. The molecule has 0 spiro atoms. The average Bonchev–Trinajstić information content (AvgIpc) is 3.07. The van der Waals surface area contributed by atoms with E-state index in [1.54, 1.807) is 7.05 Å². The highest BCUT2D eigenvalue weighted by Crippen LogP contribution is 2.32. The van der Waals surface area contributed by atoms with E-state index in [4.69, 9.17) is 9.47 Å². The largest absolute Gasteiger partial charge is 0.454 e. The van der Waals surface area contributed by atoms with Crippen molar-refractivity contribution in [3.05, 3.63) is 23.8 Å². The van der Waals surface area contributed by atoms with E-state index in [9.17, 15) is 0 Å². The lowest BCUT2D eigenvalue weighted by atomic mass is 10.1. The van der Waals surface area contributed by atoms with Crippen LogP contribution in [-0.2, 0) is 6.42 Å². The smallest absolute Gasteiger partial charge is 0.231 e. The minimum absolute atomic E-state index is 0.318. The standard InChI is InChI=1S/C18H30N4O2/c1-5-14(2)22(4)11-10-21-18(19-3)20-9-8-15-6-7-16-17(12-15)24-13-23-16/h6-7,12,14H,5,8-11,13H2,1-4H3,(H2,19,20,21). The Labute approximate surface area is 145 Å². The van der Waals surface area contributed by atoms with Gasteiger partial charge in [0.25, 0.3) is 0 Å². The van der Waals surface area contributed by atoms with Crippen molar-refractivity contribution in [2.75, 3.05) is 40.5 Å². The van der Waals surface area contributed by atoms with Gasteiger partial charge in [0.1, 0.15) is 0 Å². The molecule has 1 atom stereocenters. The van der Waals surface area contributed by atoms with Gasteiger partial charge in [-0.2, -0.15) is 0 Å². The summed E-state index contributed by atoms with van der Waals surface area (Å²) in [6, 6.07) is 6.69. The monoisotopic (exact) mass is 334 g/mol. The van der Waals surface area contributed by atoms with Gasteiger partial charge in [-0.25, -0.2) is 0 Å². The van der Waals surface area contributed by atoms with E-state index in [0.717, 1.165) is 43.5 Å². The molecule has 0 aliphatic carbocycles. The molecule has 1 aromatic carbocycles. The molecule has 1 aliphatic rings. The van der Waals surface area contributed by atoms with Crippen LogP contribution < -0.4 is 20.1 Å². The second-order valence-corrected chi connectivity index (χ2v) is 6.10. The molecule has 2 rings (SSSR count). The summed E-state index contributed by atoms with van der Waals surface area (Å²) in [5.41, 5.74) is 1.22. The first-order valence-corrected chi connectivity index (χ1v) is 8.67. The Morgan fingerprint density at radius 1 is 1.25 bits per heavy atom. The molecule has 6 nitrogen and oxygen atoms in total. The average molecular weight is 334 g/mol. The molecular weight excluding hydrogens is 304 g/mol. The Kier molecular flexibility index (Phi) is 7.18. The zero-order chi connectivity index (χ0) is 17.4. The first-order valence-electron chi connectivity index (χ1n) is 8.67. The fourth-order valence-corrected chi connectivity index (χ4v) is 2.53. The summed E-state index contributed by atoms with van der Waals surface area (Å²) in [6.45, 7) is 7.48. The van der Waals surface area contributed by atoms with Crippen molar-refractivity contribution < 1.29 is 9.47 Å². The first kappa shape index (κ1) is 18.4. The lowest BCUT2D eigenvalue weighted by molar-refractivity contribution is 0.174. The predicted molar refractivity (Wildman–Crippen MR) is 98.0 cm³/mol. The van der Waals surface area contributed by atoms with E-state index >= 15 is 0 Å². The van der Waals surface area contributed by atoms with Crippen molar-refractivity contribution in [2.24, 2.45) is 4.99 Å². The molecule has 1 heterocycles. The molecule has 24 heavy (non-hydrogen) atoms.